The van der Waals surface area contributed by atoms with Crippen molar-refractivity contribution < 1.29 is 9.59 Å². The van der Waals surface area contributed by atoms with E-state index in [1.807, 2.05) is 24.3 Å². The molecule has 0 unspecified atom stereocenters. The molecule has 1 saturated carbocycles. The summed E-state index contributed by atoms with van der Waals surface area (Å²) in [4.78, 5) is 25.7. The Balaban J connectivity index is 1.55. The van der Waals surface area contributed by atoms with Crippen LogP contribution in [0, 0.1) is 5.92 Å². The van der Waals surface area contributed by atoms with E-state index in [4.69, 9.17) is 0 Å². The van der Waals surface area contributed by atoms with Crippen LogP contribution in [0.3, 0.4) is 0 Å². The molecule has 1 aromatic rings. The maximum atomic E-state index is 12.2. The van der Waals surface area contributed by atoms with Gasteiger partial charge in [0.15, 0.2) is 0 Å². The molecule has 3 rings (SSSR count). The third kappa shape index (κ3) is 3.49. The van der Waals surface area contributed by atoms with Crippen LogP contribution >= 0.6 is 0 Å². The normalized spacial score (nSPS) is 19.5. The predicted molar refractivity (Wildman–Crippen MR) is 86.9 cm³/mol. The quantitative estimate of drug-likeness (QED) is 0.928. The monoisotopic (exact) mass is 300 g/mol. The Labute approximate surface area is 131 Å². The SMILES string of the molecule is O=C(NCC1CCCCC1)c1ccc(N2CCCC2=O)cc1. The molecule has 1 saturated heterocycles. The second-order valence-electron chi connectivity index (χ2n) is 6.41. The number of carbonyl (C=O) groups excluding carboxylic acids is 2. The zero-order valence-electron chi connectivity index (χ0n) is 13.0. The first-order valence-electron chi connectivity index (χ1n) is 8.42. The van der Waals surface area contributed by atoms with E-state index in [0.29, 0.717) is 17.9 Å². The molecule has 1 N–H and O–H groups in total. The van der Waals surface area contributed by atoms with Gasteiger partial charge in [0.2, 0.25) is 5.91 Å². The minimum atomic E-state index is -0.00938. The second kappa shape index (κ2) is 6.95. The first kappa shape index (κ1) is 15.1. The Hall–Kier alpha value is -1.84. The minimum Gasteiger partial charge on any atom is -0.352 e. The van der Waals surface area contributed by atoms with E-state index in [1.54, 1.807) is 4.90 Å². The number of carbonyl (C=O) groups is 2. The van der Waals surface area contributed by atoms with Gasteiger partial charge in [-0.25, -0.2) is 0 Å². The van der Waals surface area contributed by atoms with Gasteiger partial charge in [0.25, 0.3) is 5.91 Å². The fraction of sp³-hybridized carbons (Fsp3) is 0.556. The zero-order chi connectivity index (χ0) is 15.4. The molecule has 0 aromatic heterocycles. The molecule has 4 nitrogen and oxygen atoms in total. The number of amides is 2. The fourth-order valence-corrected chi connectivity index (χ4v) is 3.44. The van der Waals surface area contributed by atoms with Gasteiger partial charge in [-0.05, 0) is 49.4 Å². The Bertz CT molecular complexity index is 533. The van der Waals surface area contributed by atoms with Crippen molar-refractivity contribution >= 4 is 17.5 Å². The van der Waals surface area contributed by atoms with Crippen LogP contribution in [0.4, 0.5) is 5.69 Å². The molecule has 22 heavy (non-hydrogen) atoms. The van der Waals surface area contributed by atoms with E-state index < -0.39 is 0 Å². The van der Waals surface area contributed by atoms with Gasteiger partial charge in [-0.15, -0.1) is 0 Å². The van der Waals surface area contributed by atoms with Crippen molar-refractivity contribution in [3.05, 3.63) is 29.8 Å². The summed E-state index contributed by atoms with van der Waals surface area (Å²) < 4.78 is 0. The van der Waals surface area contributed by atoms with Gasteiger partial charge >= 0.3 is 0 Å². The van der Waals surface area contributed by atoms with Crippen LogP contribution in [0.1, 0.15) is 55.3 Å². The van der Waals surface area contributed by atoms with E-state index >= 15 is 0 Å². The highest BCUT2D eigenvalue weighted by Gasteiger charge is 2.21. The minimum absolute atomic E-state index is 0.00938. The summed E-state index contributed by atoms with van der Waals surface area (Å²) in [5.41, 5.74) is 1.57. The van der Waals surface area contributed by atoms with Crippen LogP contribution in [0.15, 0.2) is 24.3 Å². The van der Waals surface area contributed by atoms with Gasteiger partial charge in [0, 0.05) is 30.8 Å². The Kier molecular flexibility index (Phi) is 4.76. The molecule has 1 aliphatic heterocycles. The maximum absolute atomic E-state index is 12.2. The number of nitrogens with zero attached hydrogens (tertiary/aromatic N) is 1. The summed E-state index contributed by atoms with van der Waals surface area (Å²) in [5, 5.41) is 3.05. The predicted octanol–water partition coefficient (Wildman–Crippen LogP) is 3.12. The van der Waals surface area contributed by atoms with Gasteiger partial charge in [0.05, 0.1) is 0 Å². The molecule has 0 spiro atoms. The summed E-state index contributed by atoms with van der Waals surface area (Å²) in [6.45, 7) is 1.57. The van der Waals surface area contributed by atoms with Crippen LogP contribution in [0.5, 0.6) is 0 Å². The van der Waals surface area contributed by atoms with Crippen molar-refractivity contribution in [3.63, 3.8) is 0 Å². The van der Waals surface area contributed by atoms with Gasteiger partial charge in [-0.1, -0.05) is 19.3 Å². The number of hydrogen-bond donors (Lipinski definition) is 1. The van der Waals surface area contributed by atoms with Crippen molar-refractivity contribution in [3.8, 4) is 0 Å². The second-order valence-corrected chi connectivity index (χ2v) is 6.41. The Morgan fingerprint density at radius 3 is 2.45 bits per heavy atom. The first-order valence-corrected chi connectivity index (χ1v) is 8.42. The average molecular weight is 300 g/mol. The van der Waals surface area contributed by atoms with E-state index in [-0.39, 0.29) is 11.8 Å². The highest BCUT2D eigenvalue weighted by molar-refractivity contribution is 5.97. The maximum Gasteiger partial charge on any atom is 0.251 e. The smallest absolute Gasteiger partial charge is 0.251 e. The van der Waals surface area contributed by atoms with Gasteiger partial charge in [-0.2, -0.15) is 0 Å². The lowest BCUT2D eigenvalue weighted by Crippen LogP contribution is -2.30. The highest BCUT2D eigenvalue weighted by Crippen LogP contribution is 2.23. The Morgan fingerprint density at radius 2 is 1.82 bits per heavy atom. The molecule has 118 valence electrons. The largest absolute Gasteiger partial charge is 0.352 e. The van der Waals surface area contributed by atoms with Crippen LogP contribution < -0.4 is 10.2 Å². The summed E-state index contributed by atoms with van der Waals surface area (Å²) >= 11 is 0. The summed E-state index contributed by atoms with van der Waals surface area (Å²) in [6.07, 6.45) is 7.93. The van der Waals surface area contributed by atoms with Gasteiger partial charge in [-0.3, -0.25) is 9.59 Å². The molecule has 2 aliphatic rings. The lowest BCUT2D eigenvalue weighted by atomic mass is 9.89. The van der Waals surface area contributed by atoms with Crippen molar-refractivity contribution in [2.45, 2.75) is 44.9 Å². The van der Waals surface area contributed by atoms with Crippen molar-refractivity contribution in [2.75, 3.05) is 18.0 Å². The molecule has 1 heterocycles. The van der Waals surface area contributed by atoms with E-state index in [0.717, 1.165) is 25.2 Å². The van der Waals surface area contributed by atoms with E-state index in [1.165, 1.54) is 32.1 Å². The molecule has 0 bridgehead atoms. The molecule has 4 heteroatoms. The van der Waals surface area contributed by atoms with Crippen molar-refractivity contribution in [2.24, 2.45) is 5.92 Å². The molecular weight excluding hydrogens is 276 g/mol. The number of hydrogen-bond acceptors (Lipinski definition) is 2. The lowest BCUT2D eigenvalue weighted by Gasteiger charge is -2.21. The zero-order valence-corrected chi connectivity index (χ0v) is 13.0. The summed E-state index contributed by atoms with van der Waals surface area (Å²) in [7, 11) is 0. The Morgan fingerprint density at radius 1 is 1.09 bits per heavy atom. The van der Waals surface area contributed by atoms with Gasteiger partial charge < -0.3 is 10.2 Å². The summed E-state index contributed by atoms with van der Waals surface area (Å²) in [6, 6.07) is 7.38. The van der Waals surface area contributed by atoms with E-state index in [9.17, 15) is 9.59 Å². The number of anilines is 1. The average Bonchev–Trinajstić information content (AvgIpc) is 3.00. The molecule has 0 radical (unpaired) electrons. The van der Waals surface area contributed by atoms with E-state index in [2.05, 4.69) is 5.32 Å². The standard InChI is InChI=1S/C18H24N2O2/c21-17-7-4-12-20(17)16-10-8-15(9-11-16)18(22)19-13-14-5-2-1-3-6-14/h8-11,14H,1-7,12-13H2,(H,19,22). The highest BCUT2D eigenvalue weighted by atomic mass is 16.2. The topological polar surface area (TPSA) is 49.4 Å². The van der Waals surface area contributed by atoms with Crippen LogP contribution in [0.25, 0.3) is 0 Å². The molecule has 2 fully saturated rings. The lowest BCUT2D eigenvalue weighted by molar-refractivity contribution is -0.117. The first-order chi connectivity index (χ1) is 10.7. The number of rotatable bonds is 4. The molecule has 1 aliphatic carbocycles. The van der Waals surface area contributed by atoms with Crippen LogP contribution in [0.2, 0.25) is 0 Å². The van der Waals surface area contributed by atoms with Gasteiger partial charge in [0.1, 0.15) is 0 Å². The molecular formula is C18H24N2O2. The molecule has 1 aromatic carbocycles. The van der Waals surface area contributed by atoms with Crippen molar-refractivity contribution in [1.82, 2.24) is 5.32 Å². The fourth-order valence-electron chi connectivity index (χ4n) is 3.44. The van der Waals surface area contributed by atoms with Crippen LogP contribution in [-0.4, -0.2) is 24.9 Å². The number of benzene rings is 1. The van der Waals surface area contributed by atoms with Crippen molar-refractivity contribution in [1.29, 1.82) is 0 Å². The van der Waals surface area contributed by atoms with Crippen LogP contribution in [-0.2, 0) is 4.79 Å². The number of nitrogens with one attached hydrogen (secondary N) is 1. The third-order valence-corrected chi connectivity index (χ3v) is 4.79. The molecule has 2 amide bonds. The summed E-state index contributed by atoms with van der Waals surface area (Å²) in [5.74, 6) is 0.804. The third-order valence-electron chi connectivity index (χ3n) is 4.79. The molecule has 0 atom stereocenters.